The Balaban J connectivity index is 1.55. The third-order valence-corrected chi connectivity index (χ3v) is 7.35. The maximum Gasteiger partial charge on any atom is 0.414 e. The standard InChI is InChI=1S/C25H34FN3O2S/c1-17-5-7-21(29(16-17)24(30)31-25(2,3)4)19-6-8-22-20(15-19)27-23(32-22)18-9-12-28(13-10-18)14-11-26/h6-8,15,17-18H,5,9-14,16H2,1-4H3/t17-/m0/s1. The molecule has 174 valence electrons. The number of fused-ring (bicyclic) bond motifs is 1. The molecule has 1 saturated heterocycles. The summed E-state index contributed by atoms with van der Waals surface area (Å²) in [6, 6.07) is 6.32. The predicted octanol–water partition coefficient (Wildman–Crippen LogP) is 6.06. The van der Waals surface area contributed by atoms with Gasteiger partial charge in [0.05, 0.1) is 20.9 Å². The first-order chi connectivity index (χ1) is 15.2. The normalized spacial score (nSPS) is 21.1. The average molecular weight is 460 g/mol. The number of carbonyl (C=O) groups is 1. The van der Waals surface area contributed by atoms with Crippen molar-refractivity contribution in [3.63, 3.8) is 0 Å². The first kappa shape index (κ1) is 23.2. The van der Waals surface area contributed by atoms with Gasteiger partial charge in [-0.15, -0.1) is 11.3 Å². The quantitative estimate of drug-likeness (QED) is 0.557. The summed E-state index contributed by atoms with van der Waals surface area (Å²) in [6.45, 7) is 10.6. The van der Waals surface area contributed by atoms with Crippen LogP contribution in [-0.4, -0.2) is 59.3 Å². The number of hydrogen-bond acceptors (Lipinski definition) is 5. The molecule has 0 saturated carbocycles. The first-order valence-corrected chi connectivity index (χ1v) is 12.4. The number of rotatable bonds is 4. The largest absolute Gasteiger partial charge is 0.443 e. The van der Waals surface area contributed by atoms with Gasteiger partial charge in [-0.25, -0.2) is 14.2 Å². The van der Waals surface area contributed by atoms with Crippen LogP contribution >= 0.6 is 11.3 Å². The second-order valence-electron chi connectivity index (χ2n) is 10.1. The van der Waals surface area contributed by atoms with Crippen molar-refractivity contribution in [2.24, 2.45) is 5.92 Å². The molecule has 1 fully saturated rings. The number of halogens is 1. The van der Waals surface area contributed by atoms with Gasteiger partial charge >= 0.3 is 6.09 Å². The summed E-state index contributed by atoms with van der Waals surface area (Å²) >= 11 is 1.76. The summed E-state index contributed by atoms with van der Waals surface area (Å²) in [7, 11) is 0. The summed E-state index contributed by atoms with van der Waals surface area (Å²) in [5.41, 5.74) is 2.37. The number of allylic oxidation sites excluding steroid dienone is 1. The molecule has 3 heterocycles. The van der Waals surface area contributed by atoms with E-state index in [1.54, 1.807) is 16.2 Å². The number of ether oxygens (including phenoxy) is 1. The second-order valence-corrected chi connectivity index (χ2v) is 11.1. The minimum Gasteiger partial charge on any atom is -0.443 e. The van der Waals surface area contributed by atoms with E-state index in [9.17, 15) is 9.18 Å². The number of alkyl halides is 1. The number of thiazole rings is 1. The van der Waals surface area contributed by atoms with Crippen LogP contribution in [0, 0.1) is 5.92 Å². The van der Waals surface area contributed by atoms with Gasteiger partial charge in [0.15, 0.2) is 0 Å². The molecule has 5 nitrogen and oxygen atoms in total. The lowest BCUT2D eigenvalue weighted by Crippen LogP contribution is -2.39. The van der Waals surface area contributed by atoms with Gasteiger partial charge in [0.1, 0.15) is 12.3 Å². The molecule has 0 spiro atoms. The van der Waals surface area contributed by atoms with Crippen molar-refractivity contribution in [1.82, 2.24) is 14.8 Å². The fourth-order valence-corrected chi connectivity index (χ4v) is 5.59. The number of likely N-dealkylation sites (tertiary alicyclic amines) is 1. The molecule has 1 amide bonds. The molecule has 7 heteroatoms. The maximum atomic E-state index is 12.9. The summed E-state index contributed by atoms with van der Waals surface area (Å²) < 4.78 is 19.5. The molecule has 2 aliphatic rings. The van der Waals surface area contributed by atoms with E-state index in [-0.39, 0.29) is 12.8 Å². The second kappa shape index (κ2) is 9.48. The molecule has 0 N–H and O–H groups in total. The van der Waals surface area contributed by atoms with E-state index >= 15 is 0 Å². The van der Waals surface area contributed by atoms with Crippen LogP contribution in [0.5, 0.6) is 0 Å². The Morgan fingerprint density at radius 3 is 2.72 bits per heavy atom. The highest BCUT2D eigenvalue weighted by Crippen LogP contribution is 2.36. The SMILES string of the molecule is C[C@H]1CC=C(c2ccc3sc(C4CCN(CCF)CC4)nc3c2)N(C(=O)OC(C)(C)C)C1. The Hall–Kier alpha value is -1.99. The number of nitrogens with zero attached hydrogens (tertiary/aromatic N) is 3. The molecular formula is C25H34FN3O2S. The van der Waals surface area contributed by atoms with E-state index in [1.807, 2.05) is 20.8 Å². The van der Waals surface area contributed by atoms with Gasteiger partial charge in [0, 0.05) is 24.6 Å². The molecular weight excluding hydrogens is 425 g/mol. The lowest BCUT2D eigenvalue weighted by molar-refractivity contribution is 0.0327. The van der Waals surface area contributed by atoms with Gasteiger partial charge < -0.3 is 9.64 Å². The van der Waals surface area contributed by atoms with Crippen molar-refractivity contribution < 1.29 is 13.9 Å². The van der Waals surface area contributed by atoms with Crippen LogP contribution in [0.15, 0.2) is 24.3 Å². The average Bonchev–Trinajstić information content (AvgIpc) is 3.16. The van der Waals surface area contributed by atoms with Gasteiger partial charge in [-0.3, -0.25) is 4.90 Å². The van der Waals surface area contributed by atoms with Crippen molar-refractivity contribution in [2.45, 2.75) is 58.5 Å². The van der Waals surface area contributed by atoms with Crippen molar-refractivity contribution in [2.75, 3.05) is 32.9 Å². The molecule has 2 aliphatic heterocycles. The van der Waals surface area contributed by atoms with Gasteiger partial charge in [-0.1, -0.05) is 19.1 Å². The number of aromatic nitrogens is 1. The van der Waals surface area contributed by atoms with Crippen LogP contribution in [0.3, 0.4) is 0 Å². The topological polar surface area (TPSA) is 45.7 Å². The van der Waals surface area contributed by atoms with E-state index in [0.29, 0.717) is 24.9 Å². The van der Waals surface area contributed by atoms with Gasteiger partial charge in [0.2, 0.25) is 0 Å². The van der Waals surface area contributed by atoms with Gasteiger partial charge in [-0.05, 0) is 71.2 Å². The summed E-state index contributed by atoms with van der Waals surface area (Å²) in [4.78, 5) is 21.9. The van der Waals surface area contributed by atoms with E-state index in [1.165, 1.54) is 9.71 Å². The molecule has 0 unspecified atom stereocenters. The Labute approximate surface area is 194 Å². The number of amides is 1. The fourth-order valence-electron chi connectivity index (χ4n) is 4.47. The number of benzene rings is 1. The van der Waals surface area contributed by atoms with Crippen molar-refractivity contribution in [3.05, 3.63) is 34.8 Å². The molecule has 0 bridgehead atoms. The lowest BCUT2D eigenvalue weighted by Gasteiger charge is -2.33. The van der Waals surface area contributed by atoms with E-state index < -0.39 is 5.60 Å². The van der Waals surface area contributed by atoms with Crippen LogP contribution in [0.2, 0.25) is 0 Å². The monoisotopic (exact) mass is 459 g/mol. The minimum absolute atomic E-state index is 0.274. The Bertz CT molecular complexity index is 989. The number of carbonyl (C=O) groups excluding carboxylic acids is 1. The third kappa shape index (κ3) is 5.31. The number of hydrogen-bond donors (Lipinski definition) is 0. The third-order valence-electron chi connectivity index (χ3n) is 6.15. The Morgan fingerprint density at radius 2 is 2.03 bits per heavy atom. The van der Waals surface area contributed by atoms with E-state index in [0.717, 1.165) is 49.1 Å². The van der Waals surface area contributed by atoms with Crippen LogP contribution < -0.4 is 0 Å². The Morgan fingerprint density at radius 1 is 1.28 bits per heavy atom. The highest BCUT2D eigenvalue weighted by atomic mass is 32.1. The highest BCUT2D eigenvalue weighted by Gasteiger charge is 2.30. The van der Waals surface area contributed by atoms with Gasteiger partial charge in [0.25, 0.3) is 0 Å². The van der Waals surface area contributed by atoms with Gasteiger partial charge in [-0.2, -0.15) is 0 Å². The number of piperidine rings is 1. The molecule has 1 atom stereocenters. The maximum absolute atomic E-state index is 12.9. The molecule has 2 aromatic rings. The molecule has 0 radical (unpaired) electrons. The van der Waals surface area contributed by atoms with Crippen molar-refractivity contribution >= 4 is 33.3 Å². The van der Waals surface area contributed by atoms with Crippen LogP contribution in [-0.2, 0) is 4.74 Å². The summed E-state index contributed by atoms with van der Waals surface area (Å²) in [5, 5.41) is 1.17. The van der Waals surface area contributed by atoms with Crippen LogP contribution in [0.4, 0.5) is 9.18 Å². The van der Waals surface area contributed by atoms with E-state index in [2.05, 4.69) is 36.1 Å². The zero-order valence-corrected chi connectivity index (χ0v) is 20.4. The Kier molecular flexibility index (Phi) is 6.86. The zero-order valence-electron chi connectivity index (χ0n) is 19.6. The lowest BCUT2D eigenvalue weighted by atomic mass is 9.97. The smallest absolute Gasteiger partial charge is 0.414 e. The summed E-state index contributed by atoms with van der Waals surface area (Å²) in [5.74, 6) is 0.837. The van der Waals surface area contributed by atoms with E-state index in [4.69, 9.17) is 9.72 Å². The molecule has 4 rings (SSSR count). The van der Waals surface area contributed by atoms with Crippen molar-refractivity contribution in [1.29, 1.82) is 0 Å². The predicted molar refractivity (Wildman–Crippen MR) is 129 cm³/mol. The van der Waals surface area contributed by atoms with Crippen LogP contribution in [0.1, 0.15) is 63.4 Å². The summed E-state index contributed by atoms with van der Waals surface area (Å²) in [6.07, 6.45) is 4.85. The van der Waals surface area contributed by atoms with Crippen LogP contribution in [0.25, 0.3) is 15.9 Å². The molecule has 32 heavy (non-hydrogen) atoms. The first-order valence-electron chi connectivity index (χ1n) is 11.6. The fraction of sp³-hybridized carbons (Fsp3) is 0.600. The minimum atomic E-state index is -0.531. The molecule has 0 aliphatic carbocycles. The molecule has 1 aromatic heterocycles. The zero-order chi connectivity index (χ0) is 22.9. The van der Waals surface area contributed by atoms with Crippen molar-refractivity contribution in [3.8, 4) is 0 Å². The highest BCUT2D eigenvalue weighted by molar-refractivity contribution is 7.18. The molecule has 1 aromatic carbocycles.